The summed E-state index contributed by atoms with van der Waals surface area (Å²) in [5.41, 5.74) is 0. The second kappa shape index (κ2) is 9.25. The van der Waals surface area contributed by atoms with Crippen LogP contribution in [0.3, 0.4) is 0 Å². The Morgan fingerprint density at radius 2 is 0.818 bits per heavy atom. The standard InChI is InChI=1S/C14H10.C8H18/c1-2-6-12-10-14-8-4-3-7-13(14)9-11(12)5-1;1-3-5-7-8-6-4-2/h1-10H;3-8H2,1-2H3. The van der Waals surface area contributed by atoms with Crippen LogP contribution in [0.1, 0.15) is 52.4 Å². The van der Waals surface area contributed by atoms with Gasteiger partial charge < -0.3 is 0 Å². The summed E-state index contributed by atoms with van der Waals surface area (Å²) in [4.78, 5) is 0. The molecule has 0 N–H and O–H groups in total. The van der Waals surface area contributed by atoms with Crippen molar-refractivity contribution in [2.45, 2.75) is 52.4 Å². The van der Waals surface area contributed by atoms with Gasteiger partial charge >= 0.3 is 0 Å². The molecule has 0 heterocycles. The van der Waals surface area contributed by atoms with Gasteiger partial charge in [0.2, 0.25) is 0 Å². The Kier molecular flexibility index (Phi) is 6.96. The first-order chi connectivity index (χ1) is 10.8. The molecule has 22 heavy (non-hydrogen) atoms. The zero-order valence-electron chi connectivity index (χ0n) is 14.0. The molecule has 116 valence electrons. The van der Waals surface area contributed by atoms with E-state index in [0.29, 0.717) is 0 Å². The van der Waals surface area contributed by atoms with Gasteiger partial charge in [-0.3, -0.25) is 0 Å². The Labute approximate surface area is 135 Å². The smallest absolute Gasteiger partial charge is 0.0178 e. The molecular weight excluding hydrogens is 264 g/mol. The second-order valence-corrected chi connectivity index (χ2v) is 5.96. The van der Waals surface area contributed by atoms with Crippen LogP contribution in [-0.2, 0) is 0 Å². The summed E-state index contributed by atoms with van der Waals surface area (Å²) in [6.07, 6.45) is 8.49. The summed E-state index contributed by atoms with van der Waals surface area (Å²) < 4.78 is 0. The fourth-order valence-corrected chi connectivity index (χ4v) is 2.74. The van der Waals surface area contributed by atoms with Crippen molar-refractivity contribution in [3.8, 4) is 0 Å². The third kappa shape index (κ3) is 4.87. The summed E-state index contributed by atoms with van der Waals surface area (Å²) >= 11 is 0. The Balaban J connectivity index is 0.000000192. The van der Waals surface area contributed by atoms with Crippen molar-refractivity contribution < 1.29 is 0 Å². The van der Waals surface area contributed by atoms with Crippen LogP contribution in [0.2, 0.25) is 0 Å². The Morgan fingerprint density at radius 3 is 1.09 bits per heavy atom. The highest BCUT2D eigenvalue weighted by Crippen LogP contribution is 2.22. The average Bonchev–Trinajstić information content (AvgIpc) is 2.57. The minimum atomic E-state index is 1.31. The van der Waals surface area contributed by atoms with Gasteiger partial charge in [0, 0.05) is 0 Å². The molecule has 0 bridgehead atoms. The number of rotatable bonds is 5. The molecule has 0 unspecified atom stereocenters. The van der Waals surface area contributed by atoms with Gasteiger partial charge in [0.15, 0.2) is 0 Å². The van der Waals surface area contributed by atoms with Crippen molar-refractivity contribution in [2.24, 2.45) is 0 Å². The van der Waals surface area contributed by atoms with E-state index in [1.807, 2.05) is 0 Å². The largest absolute Gasteiger partial charge is 0.0654 e. The molecule has 0 nitrogen and oxygen atoms in total. The van der Waals surface area contributed by atoms with Crippen LogP contribution in [0, 0.1) is 0 Å². The molecule has 0 saturated heterocycles. The topological polar surface area (TPSA) is 0 Å². The summed E-state index contributed by atoms with van der Waals surface area (Å²) in [6.45, 7) is 4.51. The van der Waals surface area contributed by atoms with E-state index in [0.717, 1.165) is 0 Å². The molecule has 0 fully saturated rings. The van der Waals surface area contributed by atoms with E-state index in [1.54, 1.807) is 0 Å². The number of unbranched alkanes of at least 4 members (excludes halogenated alkanes) is 5. The molecule has 0 amide bonds. The predicted octanol–water partition coefficient (Wildman–Crippen LogP) is 7.36. The Hall–Kier alpha value is -1.82. The fourth-order valence-electron chi connectivity index (χ4n) is 2.74. The first-order valence-corrected chi connectivity index (χ1v) is 8.72. The van der Waals surface area contributed by atoms with Crippen LogP contribution in [0.4, 0.5) is 0 Å². The SMILES string of the molecule is CCCCCCCC.c1ccc2cc3ccccc3cc2c1. The highest BCUT2D eigenvalue weighted by molar-refractivity contribution is 5.98. The molecule has 0 aliphatic carbocycles. The van der Waals surface area contributed by atoms with Gasteiger partial charge in [0.05, 0.1) is 0 Å². The highest BCUT2D eigenvalue weighted by atomic mass is 14.0. The van der Waals surface area contributed by atoms with E-state index in [2.05, 4.69) is 74.5 Å². The van der Waals surface area contributed by atoms with Crippen molar-refractivity contribution in [3.63, 3.8) is 0 Å². The summed E-state index contributed by atoms with van der Waals surface area (Å²) in [6, 6.07) is 21.4. The van der Waals surface area contributed by atoms with Crippen molar-refractivity contribution >= 4 is 21.5 Å². The maximum Gasteiger partial charge on any atom is -0.0178 e. The molecule has 0 aromatic heterocycles. The lowest BCUT2D eigenvalue weighted by Gasteiger charge is -2.00. The fraction of sp³-hybridized carbons (Fsp3) is 0.364. The molecule has 3 rings (SSSR count). The maximum atomic E-state index is 2.26. The van der Waals surface area contributed by atoms with Crippen LogP contribution in [0.5, 0.6) is 0 Å². The highest BCUT2D eigenvalue weighted by Gasteiger charge is 1.95. The first kappa shape index (κ1) is 16.5. The molecular formula is C22H28. The molecule has 0 aliphatic rings. The van der Waals surface area contributed by atoms with Gasteiger partial charge in [-0.05, 0) is 33.7 Å². The minimum Gasteiger partial charge on any atom is -0.0654 e. The molecule has 3 aromatic rings. The molecule has 0 aliphatic heterocycles. The quantitative estimate of drug-likeness (QED) is 0.340. The zero-order chi connectivity index (χ0) is 15.6. The van der Waals surface area contributed by atoms with Crippen molar-refractivity contribution in [1.82, 2.24) is 0 Å². The number of benzene rings is 3. The van der Waals surface area contributed by atoms with Crippen LogP contribution in [-0.4, -0.2) is 0 Å². The van der Waals surface area contributed by atoms with Gasteiger partial charge in [-0.15, -0.1) is 0 Å². The molecule has 0 heteroatoms. The van der Waals surface area contributed by atoms with Gasteiger partial charge in [-0.2, -0.15) is 0 Å². The third-order valence-corrected chi connectivity index (χ3v) is 4.07. The molecule has 0 atom stereocenters. The summed E-state index contributed by atoms with van der Waals surface area (Å²) in [7, 11) is 0. The average molecular weight is 292 g/mol. The van der Waals surface area contributed by atoms with E-state index in [1.165, 1.54) is 60.1 Å². The van der Waals surface area contributed by atoms with Crippen molar-refractivity contribution in [1.29, 1.82) is 0 Å². The zero-order valence-corrected chi connectivity index (χ0v) is 14.0. The summed E-state index contributed by atoms with van der Waals surface area (Å²) in [5, 5.41) is 5.25. The number of hydrogen-bond acceptors (Lipinski definition) is 0. The predicted molar refractivity (Wildman–Crippen MR) is 101 cm³/mol. The lowest BCUT2D eigenvalue weighted by Crippen LogP contribution is -1.74. The van der Waals surface area contributed by atoms with E-state index < -0.39 is 0 Å². The van der Waals surface area contributed by atoms with Crippen molar-refractivity contribution in [2.75, 3.05) is 0 Å². The summed E-state index contributed by atoms with van der Waals surface area (Å²) in [5.74, 6) is 0. The number of fused-ring (bicyclic) bond motifs is 2. The monoisotopic (exact) mass is 292 g/mol. The minimum absolute atomic E-state index is 1.31. The van der Waals surface area contributed by atoms with Crippen LogP contribution >= 0.6 is 0 Å². The van der Waals surface area contributed by atoms with Gasteiger partial charge in [0.1, 0.15) is 0 Å². The molecule has 3 aromatic carbocycles. The normalized spacial score (nSPS) is 10.5. The van der Waals surface area contributed by atoms with Crippen LogP contribution in [0.15, 0.2) is 60.7 Å². The van der Waals surface area contributed by atoms with Gasteiger partial charge in [-0.25, -0.2) is 0 Å². The molecule has 0 saturated carbocycles. The van der Waals surface area contributed by atoms with Crippen LogP contribution in [0.25, 0.3) is 21.5 Å². The van der Waals surface area contributed by atoms with E-state index in [9.17, 15) is 0 Å². The lowest BCUT2D eigenvalue weighted by atomic mass is 10.0. The van der Waals surface area contributed by atoms with Gasteiger partial charge in [0.25, 0.3) is 0 Å². The van der Waals surface area contributed by atoms with Gasteiger partial charge in [-0.1, -0.05) is 101 Å². The third-order valence-electron chi connectivity index (χ3n) is 4.07. The van der Waals surface area contributed by atoms with E-state index in [4.69, 9.17) is 0 Å². The lowest BCUT2D eigenvalue weighted by molar-refractivity contribution is 0.624. The van der Waals surface area contributed by atoms with Crippen molar-refractivity contribution in [3.05, 3.63) is 60.7 Å². The molecule has 0 spiro atoms. The Bertz CT molecular complexity index is 571. The number of hydrogen-bond donors (Lipinski definition) is 0. The maximum absolute atomic E-state index is 2.26. The van der Waals surface area contributed by atoms with E-state index >= 15 is 0 Å². The molecule has 0 radical (unpaired) electrons. The first-order valence-electron chi connectivity index (χ1n) is 8.72. The van der Waals surface area contributed by atoms with E-state index in [-0.39, 0.29) is 0 Å². The van der Waals surface area contributed by atoms with Crippen LogP contribution < -0.4 is 0 Å². The Morgan fingerprint density at radius 1 is 0.500 bits per heavy atom. The second-order valence-electron chi connectivity index (χ2n) is 5.96.